The van der Waals surface area contributed by atoms with Crippen LogP contribution >= 0.6 is 7.78 Å². The molecule has 0 amide bonds. The zero-order valence-corrected chi connectivity index (χ0v) is 8.71. The number of benzene rings is 1. The first-order valence-corrected chi connectivity index (χ1v) is 5.93. The summed E-state index contributed by atoms with van der Waals surface area (Å²) in [5.74, 6) is 0. The molecule has 0 spiro atoms. The molecule has 1 atom stereocenters. The molecule has 0 heterocycles. The fourth-order valence-corrected chi connectivity index (χ4v) is 1.67. The van der Waals surface area contributed by atoms with Gasteiger partial charge in [0, 0.05) is 19.8 Å². The van der Waals surface area contributed by atoms with Gasteiger partial charge in [-0.25, -0.2) is 0 Å². The highest BCUT2D eigenvalue weighted by molar-refractivity contribution is 8.27. The molecular weight excluding hydrogens is 173 g/mol. The van der Waals surface area contributed by atoms with Crippen LogP contribution in [0, 0.1) is 0 Å². The lowest BCUT2D eigenvalue weighted by Gasteiger charge is -2.11. The van der Waals surface area contributed by atoms with E-state index in [1.165, 1.54) is 11.0 Å². The Labute approximate surface area is 74.7 Å². The third kappa shape index (κ3) is 2.39. The second kappa shape index (κ2) is 3.99. The maximum absolute atomic E-state index is 5.00. The summed E-state index contributed by atoms with van der Waals surface area (Å²) >= 11 is 5.00. The van der Waals surface area contributed by atoms with E-state index in [2.05, 4.69) is 29.2 Å². The lowest BCUT2D eigenvalue weighted by molar-refractivity contribution is 1.13. The zero-order valence-electron chi connectivity index (χ0n) is 6.74. The molecule has 0 N–H and O–H groups in total. The highest BCUT2D eigenvalue weighted by atomic mass is 32.7. The van der Waals surface area contributed by atoms with Crippen molar-refractivity contribution in [2.75, 3.05) is 19.0 Å². The molecule has 60 valence electrons. The molecule has 11 heavy (non-hydrogen) atoms. The molecule has 0 aliphatic rings. The van der Waals surface area contributed by atoms with Crippen molar-refractivity contribution in [1.82, 2.24) is 0 Å². The van der Waals surface area contributed by atoms with Gasteiger partial charge in [0.05, 0.1) is 5.30 Å². The predicted molar refractivity (Wildman–Crippen MR) is 57.5 cm³/mol. The summed E-state index contributed by atoms with van der Waals surface area (Å²) in [6.07, 6.45) is 0. The van der Waals surface area contributed by atoms with E-state index in [9.17, 15) is 0 Å². The van der Waals surface area contributed by atoms with Gasteiger partial charge in [0.25, 0.3) is 0 Å². The predicted octanol–water partition coefficient (Wildman–Crippen LogP) is 1.25. The maximum Gasteiger partial charge on any atom is 0.0679 e. The monoisotopic (exact) mass is 185 g/mol. The molecule has 1 unspecified atom stereocenters. The quantitative estimate of drug-likeness (QED) is 0.504. The van der Waals surface area contributed by atoms with Gasteiger partial charge in [-0.2, -0.15) is 0 Å². The van der Waals surface area contributed by atoms with Gasteiger partial charge in [-0.05, 0) is 24.3 Å². The van der Waals surface area contributed by atoms with E-state index in [4.69, 9.17) is 12.2 Å². The van der Waals surface area contributed by atoms with Crippen molar-refractivity contribution in [3.05, 3.63) is 24.3 Å². The molecule has 1 nitrogen and oxygen atoms in total. The summed E-state index contributed by atoms with van der Waals surface area (Å²) in [6, 6.07) is 8.43. The third-order valence-electron chi connectivity index (χ3n) is 1.55. The minimum atomic E-state index is 0.0502. The summed E-state index contributed by atoms with van der Waals surface area (Å²) in [5, 5.41) is 1.30. The van der Waals surface area contributed by atoms with Crippen molar-refractivity contribution < 1.29 is 0 Å². The Kier molecular flexibility index (Phi) is 3.22. The summed E-state index contributed by atoms with van der Waals surface area (Å²) < 4.78 is 0. The van der Waals surface area contributed by atoms with Gasteiger partial charge >= 0.3 is 0 Å². The van der Waals surface area contributed by atoms with Crippen molar-refractivity contribution in [2.24, 2.45) is 0 Å². The molecule has 1 rings (SSSR count). The molecule has 0 bridgehead atoms. The van der Waals surface area contributed by atoms with Crippen molar-refractivity contribution in [2.45, 2.75) is 0 Å². The van der Waals surface area contributed by atoms with Gasteiger partial charge in [-0.1, -0.05) is 0 Å². The molecule has 1 aromatic carbocycles. The van der Waals surface area contributed by atoms with Gasteiger partial charge in [0.15, 0.2) is 0 Å². The van der Waals surface area contributed by atoms with Gasteiger partial charge < -0.3 is 17.1 Å². The van der Waals surface area contributed by atoms with Crippen LogP contribution in [0.15, 0.2) is 24.3 Å². The average molecular weight is 185 g/mol. The number of rotatable bonds is 2. The van der Waals surface area contributed by atoms with Gasteiger partial charge in [-0.15, -0.1) is 7.78 Å². The Balaban J connectivity index is 2.83. The van der Waals surface area contributed by atoms with Crippen LogP contribution in [0.2, 0.25) is 0 Å². The first kappa shape index (κ1) is 8.89. The lowest BCUT2D eigenvalue weighted by Crippen LogP contribution is -2.09. The molecular formula is C8H12NPS. The molecule has 1 aromatic rings. The van der Waals surface area contributed by atoms with Gasteiger partial charge in [0.2, 0.25) is 0 Å². The number of hydrogen-bond donors (Lipinski definition) is 0. The summed E-state index contributed by atoms with van der Waals surface area (Å²) in [5.41, 5.74) is 1.23. The smallest absolute Gasteiger partial charge is 0.0679 e. The average Bonchev–Trinajstić information content (AvgIpc) is 2.05. The van der Waals surface area contributed by atoms with Crippen LogP contribution in [0.25, 0.3) is 0 Å². The van der Waals surface area contributed by atoms with Crippen molar-refractivity contribution >= 4 is 31.0 Å². The van der Waals surface area contributed by atoms with Crippen LogP contribution in [0.3, 0.4) is 0 Å². The Hall–Kier alpha value is -0.200. The molecule has 0 saturated carbocycles. The first-order chi connectivity index (χ1) is 5.24. The largest absolute Gasteiger partial charge is 0.556 e. The van der Waals surface area contributed by atoms with Crippen LogP contribution in [0.4, 0.5) is 5.69 Å². The number of hydrogen-bond acceptors (Lipinski definition) is 2. The molecule has 3 heteroatoms. The highest BCUT2D eigenvalue weighted by Crippen LogP contribution is 2.12. The topological polar surface area (TPSA) is 3.24 Å². The fraction of sp³-hybridized carbons (Fsp3) is 0.250. The van der Waals surface area contributed by atoms with Crippen molar-refractivity contribution in [1.29, 1.82) is 0 Å². The second-order valence-corrected chi connectivity index (χ2v) is 4.21. The van der Waals surface area contributed by atoms with Crippen molar-refractivity contribution in [3.63, 3.8) is 0 Å². The Morgan fingerprint density at radius 3 is 2.09 bits per heavy atom. The van der Waals surface area contributed by atoms with E-state index in [0.717, 1.165) is 0 Å². The molecule has 0 aliphatic carbocycles. The SMILES string of the molecule is CN(C)c1ccc([PH2+][S-])cc1. The normalized spacial score (nSPS) is 10.8. The number of nitrogens with zero attached hydrogens (tertiary/aromatic N) is 1. The first-order valence-electron chi connectivity index (χ1n) is 3.46. The van der Waals surface area contributed by atoms with E-state index in [-0.39, 0.29) is 7.78 Å². The number of anilines is 1. The van der Waals surface area contributed by atoms with Crippen LogP contribution in [0.1, 0.15) is 0 Å². The summed E-state index contributed by atoms with van der Waals surface area (Å²) in [6.45, 7) is 0. The van der Waals surface area contributed by atoms with E-state index in [1.807, 2.05) is 14.1 Å². The van der Waals surface area contributed by atoms with Crippen molar-refractivity contribution in [3.8, 4) is 0 Å². The van der Waals surface area contributed by atoms with E-state index in [1.54, 1.807) is 0 Å². The molecule has 0 aliphatic heterocycles. The minimum Gasteiger partial charge on any atom is -0.556 e. The zero-order chi connectivity index (χ0) is 8.27. The van der Waals surface area contributed by atoms with Crippen LogP contribution in [-0.2, 0) is 12.2 Å². The minimum absolute atomic E-state index is 0.0502. The highest BCUT2D eigenvalue weighted by Gasteiger charge is 1.94. The lowest BCUT2D eigenvalue weighted by atomic mass is 10.3. The van der Waals surface area contributed by atoms with Gasteiger partial charge in [-0.3, -0.25) is 0 Å². The second-order valence-electron chi connectivity index (χ2n) is 2.60. The van der Waals surface area contributed by atoms with Crippen LogP contribution in [0.5, 0.6) is 0 Å². The van der Waals surface area contributed by atoms with Crippen LogP contribution < -0.4 is 10.2 Å². The Bertz CT molecular complexity index is 220. The van der Waals surface area contributed by atoms with Gasteiger partial charge in [0.1, 0.15) is 0 Å². The Morgan fingerprint density at radius 1 is 1.18 bits per heavy atom. The fourth-order valence-electron chi connectivity index (χ4n) is 0.851. The van der Waals surface area contributed by atoms with E-state index in [0.29, 0.717) is 0 Å². The summed E-state index contributed by atoms with van der Waals surface area (Å²) in [4.78, 5) is 2.09. The third-order valence-corrected chi connectivity index (χ3v) is 3.02. The maximum atomic E-state index is 5.00. The van der Waals surface area contributed by atoms with Crippen LogP contribution in [-0.4, -0.2) is 14.1 Å². The Morgan fingerprint density at radius 2 is 1.73 bits per heavy atom. The molecule has 0 radical (unpaired) electrons. The summed E-state index contributed by atoms with van der Waals surface area (Å²) in [7, 11) is 4.12. The molecule has 0 fully saturated rings. The molecule has 0 aromatic heterocycles. The van der Waals surface area contributed by atoms with E-state index < -0.39 is 0 Å². The molecule has 0 saturated heterocycles. The van der Waals surface area contributed by atoms with E-state index >= 15 is 0 Å². The standard InChI is InChI=1S/C8H12NPS/c1-9(2)7-3-5-8(10-11)6-4-7/h3-6H,10H2,1-2H3.